The Morgan fingerprint density at radius 2 is 1.18 bits per heavy atom. The summed E-state index contributed by atoms with van der Waals surface area (Å²) in [4.78, 5) is 32.9. The number of aldehydes is 1. The topological polar surface area (TPSA) is 213 Å². The van der Waals surface area contributed by atoms with Gasteiger partial charge < -0.3 is 29.9 Å². The fraction of sp³-hybridized carbons (Fsp3) is 0.125. The first kappa shape index (κ1) is 35.1. The predicted octanol–water partition coefficient (Wildman–Crippen LogP) is 2.94. The molecule has 8 N–H and O–H groups in total. The third kappa shape index (κ3) is 12.8. The van der Waals surface area contributed by atoms with E-state index < -0.39 is 0 Å². The van der Waals surface area contributed by atoms with Crippen molar-refractivity contribution in [1.82, 2.24) is 10.9 Å². The Kier molecular flexibility index (Phi) is 14.4. The van der Waals surface area contributed by atoms with Crippen LogP contribution < -0.4 is 26.2 Å². The second kappa shape index (κ2) is 18.5. The normalized spacial score (nSPS) is 9.93. The van der Waals surface area contributed by atoms with Gasteiger partial charge in [-0.05, 0) is 59.7 Å². The first-order valence-electron chi connectivity index (χ1n) is 13.1. The minimum absolute atomic E-state index is 0.0851. The van der Waals surface area contributed by atoms with Gasteiger partial charge in [-0.2, -0.15) is 5.10 Å². The fourth-order valence-corrected chi connectivity index (χ4v) is 3.57. The quantitative estimate of drug-likeness (QED) is 0.0479. The van der Waals surface area contributed by atoms with Crippen molar-refractivity contribution in [3.05, 3.63) is 107 Å². The number of phenols is 4. The molecule has 0 atom stereocenters. The number of rotatable bonds is 9. The van der Waals surface area contributed by atoms with Crippen molar-refractivity contribution in [1.29, 1.82) is 0 Å². The van der Waals surface area contributed by atoms with Crippen molar-refractivity contribution in [3.8, 4) is 34.5 Å². The molecule has 2 amide bonds. The third-order valence-electron chi connectivity index (χ3n) is 5.67. The molecular formula is C32H34N4O9. The summed E-state index contributed by atoms with van der Waals surface area (Å²) in [6.45, 7) is 0. The van der Waals surface area contributed by atoms with Crippen molar-refractivity contribution >= 4 is 24.3 Å². The van der Waals surface area contributed by atoms with Crippen molar-refractivity contribution < 1.29 is 44.3 Å². The van der Waals surface area contributed by atoms with E-state index >= 15 is 0 Å². The molecule has 4 aromatic carbocycles. The number of nitrogens with zero attached hydrogens (tertiary/aromatic N) is 1. The van der Waals surface area contributed by atoms with Crippen LogP contribution in [0.2, 0.25) is 0 Å². The number of hydrazine groups is 1. The van der Waals surface area contributed by atoms with E-state index in [1.165, 1.54) is 69.0 Å². The van der Waals surface area contributed by atoms with Crippen molar-refractivity contribution in [2.75, 3.05) is 14.2 Å². The minimum atomic E-state index is -0.306. The Labute approximate surface area is 259 Å². The molecule has 0 aliphatic carbocycles. The minimum Gasteiger partial charge on any atom is -0.508 e. The number of carbonyl (C=O) groups excluding carboxylic acids is 3. The van der Waals surface area contributed by atoms with E-state index in [-0.39, 0.29) is 47.7 Å². The average Bonchev–Trinajstić information content (AvgIpc) is 3.02. The monoisotopic (exact) mass is 618 g/mol. The highest BCUT2D eigenvalue weighted by Crippen LogP contribution is 2.23. The summed E-state index contributed by atoms with van der Waals surface area (Å²) in [5.41, 5.74) is 6.89. The van der Waals surface area contributed by atoms with Crippen molar-refractivity contribution in [2.24, 2.45) is 10.9 Å². The molecule has 4 rings (SSSR count). The molecule has 4 aromatic rings. The lowest BCUT2D eigenvalue weighted by molar-refractivity contribution is -0.121. The second-order valence-electron chi connectivity index (χ2n) is 9.02. The first-order valence-corrected chi connectivity index (χ1v) is 13.1. The zero-order valence-electron chi connectivity index (χ0n) is 24.5. The molecule has 0 saturated carbocycles. The highest BCUT2D eigenvalue weighted by molar-refractivity contribution is 5.86. The molecule has 13 nitrogen and oxygen atoms in total. The molecule has 0 spiro atoms. The van der Waals surface area contributed by atoms with Gasteiger partial charge in [-0.25, -0.2) is 11.3 Å². The molecule has 0 aliphatic rings. The smallest absolute Gasteiger partial charge is 0.244 e. The lowest BCUT2D eigenvalue weighted by Gasteiger charge is -2.05. The number of amides is 2. The molecule has 0 radical (unpaired) electrons. The molecule has 0 saturated heterocycles. The van der Waals surface area contributed by atoms with Crippen LogP contribution in [-0.4, -0.2) is 59.0 Å². The summed E-state index contributed by atoms with van der Waals surface area (Å²) in [7, 11) is 2.92. The molecular weight excluding hydrogens is 584 g/mol. The Morgan fingerprint density at radius 1 is 0.711 bits per heavy atom. The number of phenolic OH excluding ortho intramolecular Hbond substituents is 4. The van der Waals surface area contributed by atoms with Gasteiger partial charge in [0.2, 0.25) is 11.8 Å². The molecule has 0 aliphatic heterocycles. The van der Waals surface area contributed by atoms with Gasteiger partial charge in [-0.3, -0.25) is 19.8 Å². The van der Waals surface area contributed by atoms with Crippen LogP contribution in [0.25, 0.3) is 0 Å². The maximum absolute atomic E-state index is 11.7. The van der Waals surface area contributed by atoms with Crippen LogP contribution in [0.1, 0.15) is 27.0 Å². The largest absolute Gasteiger partial charge is 0.508 e. The van der Waals surface area contributed by atoms with Crippen LogP contribution in [0.5, 0.6) is 34.5 Å². The molecule has 13 heteroatoms. The van der Waals surface area contributed by atoms with Crippen molar-refractivity contribution in [3.63, 3.8) is 0 Å². The summed E-state index contributed by atoms with van der Waals surface area (Å²) in [6, 6.07) is 21.9. The zero-order chi connectivity index (χ0) is 33.2. The number of methoxy groups -OCH3 is 2. The van der Waals surface area contributed by atoms with E-state index in [9.17, 15) is 24.6 Å². The summed E-state index contributed by atoms with van der Waals surface area (Å²) in [5, 5.41) is 40.5. The number of benzene rings is 4. The van der Waals surface area contributed by atoms with Gasteiger partial charge in [0.25, 0.3) is 0 Å². The molecule has 0 fully saturated rings. The molecule has 45 heavy (non-hydrogen) atoms. The Hall–Kier alpha value is -6.08. The fourth-order valence-electron chi connectivity index (χ4n) is 3.57. The number of aromatic hydroxyl groups is 4. The van der Waals surface area contributed by atoms with E-state index in [1.54, 1.807) is 36.4 Å². The standard InChI is InChI=1S/C16H16N2O4.C8H10N2O2.C8H8O3/c1-22-15-9-14(20)6-5-12(15)10-17-18-16(21)8-11-3-2-4-13(19)7-11;9-10-8(12)5-6-2-1-3-7(11)4-6;1-11-8-4-7(10)3-2-6(8)5-9/h2-7,9-10,19-20H,8H2,1H3,(H,18,21);1-4,11H,5,9H2,(H,10,12);2-5,10H,1H3. The number of hydrogen-bond donors (Lipinski definition) is 7. The average molecular weight is 619 g/mol. The van der Waals surface area contributed by atoms with Gasteiger partial charge in [0, 0.05) is 17.7 Å². The second-order valence-corrected chi connectivity index (χ2v) is 9.02. The Bertz CT molecular complexity index is 1610. The predicted molar refractivity (Wildman–Crippen MR) is 166 cm³/mol. The van der Waals surface area contributed by atoms with Gasteiger partial charge >= 0.3 is 0 Å². The summed E-state index contributed by atoms with van der Waals surface area (Å²) >= 11 is 0. The lowest BCUT2D eigenvalue weighted by Crippen LogP contribution is -2.31. The highest BCUT2D eigenvalue weighted by Gasteiger charge is 2.05. The van der Waals surface area contributed by atoms with Gasteiger partial charge in [0.05, 0.1) is 38.8 Å². The van der Waals surface area contributed by atoms with Crippen LogP contribution in [0.15, 0.2) is 90.0 Å². The maximum atomic E-state index is 11.7. The zero-order valence-corrected chi connectivity index (χ0v) is 24.5. The van der Waals surface area contributed by atoms with E-state index in [4.69, 9.17) is 25.5 Å². The molecule has 236 valence electrons. The van der Waals surface area contributed by atoms with Crippen LogP contribution in [-0.2, 0) is 22.4 Å². The number of nitrogens with one attached hydrogen (secondary N) is 2. The Balaban J connectivity index is 0.000000259. The number of hydrazone groups is 1. The van der Waals surface area contributed by atoms with Crippen LogP contribution in [0, 0.1) is 0 Å². The number of ether oxygens (including phenoxy) is 2. The highest BCUT2D eigenvalue weighted by atomic mass is 16.5. The van der Waals surface area contributed by atoms with Gasteiger partial charge in [-0.15, -0.1) is 0 Å². The van der Waals surface area contributed by atoms with Gasteiger partial charge in [-0.1, -0.05) is 24.3 Å². The molecule has 0 bridgehead atoms. The molecule has 0 unspecified atom stereocenters. The third-order valence-corrected chi connectivity index (χ3v) is 5.67. The van der Waals surface area contributed by atoms with Gasteiger partial charge in [0.1, 0.15) is 34.5 Å². The van der Waals surface area contributed by atoms with Crippen LogP contribution >= 0.6 is 0 Å². The number of carbonyl (C=O) groups is 3. The summed E-state index contributed by atoms with van der Waals surface area (Å²) in [6.07, 6.45) is 2.40. The lowest BCUT2D eigenvalue weighted by atomic mass is 10.1. The van der Waals surface area contributed by atoms with Crippen molar-refractivity contribution in [2.45, 2.75) is 12.8 Å². The number of nitrogens with two attached hydrogens (primary N) is 1. The van der Waals surface area contributed by atoms with Gasteiger partial charge in [0.15, 0.2) is 6.29 Å². The van der Waals surface area contributed by atoms with E-state index in [0.717, 1.165) is 5.56 Å². The van der Waals surface area contributed by atoms with E-state index in [1.807, 2.05) is 5.43 Å². The SMILES string of the molecule is COc1cc(O)ccc1C=NNC(=O)Cc1cccc(O)c1.COc1cc(O)ccc1C=O.NNC(=O)Cc1cccc(O)c1. The van der Waals surface area contributed by atoms with E-state index in [2.05, 4.69) is 10.5 Å². The molecule has 0 heterocycles. The summed E-state index contributed by atoms with van der Waals surface area (Å²) in [5.74, 6) is 5.59. The Morgan fingerprint density at radius 3 is 1.64 bits per heavy atom. The number of hydrogen-bond acceptors (Lipinski definition) is 11. The van der Waals surface area contributed by atoms with E-state index in [0.29, 0.717) is 34.5 Å². The maximum Gasteiger partial charge on any atom is 0.244 e. The molecule has 0 aromatic heterocycles. The van der Waals surface area contributed by atoms with Crippen LogP contribution in [0.3, 0.4) is 0 Å². The van der Waals surface area contributed by atoms with Crippen LogP contribution in [0.4, 0.5) is 0 Å². The summed E-state index contributed by atoms with van der Waals surface area (Å²) < 4.78 is 9.93. The first-order chi connectivity index (χ1) is 21.6.